The summed E-state index contributed by atoms with van der Waals surface area (Å²) in [4.78, 5) is 26.7. The van der Waals surface area contributed by atoms with Gasteiger partial charge < -0.3 is 15.1 Å². The summed E-state index contributed by atoms with van der Waals surface area (Å²) < 4.78 is 9.02. The molecular weight excluding hydrogens is 406 g/mol. The van der Waals surface area contributed by atoms with Gasteiger partial charge in [0.25, 0.3) is 5.56 Å². The van der Waals surface area contributed by atoms with E-state index in [9.17, 15) is 4.79 Å². The molecule has 0 radical (unpaired) electrons. The van der Waals surface area contributed by atoms with E-state index in [4.69, 9.17) is 4.42 Å². The Balaban J connectivity index is 1.58. The van der Waals surface area contributed by atoms with Crippen LogP contribution in [-0.2, 0) is 24.9 Å². The zero-order valence-corrected chi connectivity index (χ0v) is 18.8. The van der Waals surface area contributed by atoms with Gasteiger partial charge in [-0.3, -0.25) is 4.79 Å². The van der Waals surface area contributed by atoms with Crippen LogP contribution in [0.1, 0.15) is 44.7 Å². The third-order valence-electron chi connectivity index (χ3n) is 5.67. The van der Waals surface area contributed by atoms with Gasteiger partial charge >= 0.3 is 0 Å². The maximum Gasteiger partial charge on any atom is 0.278 e. The molecule has 2 N–H and O–H groups in total. The van der Waals surface area contributed by atoms with E-state index < -0.39 is 0 Å². The van der Waals surface area contributed by atoms with Crippen molar-refractivity contribution in [2.45, 2.75) is 52.6 Å². The van der Waals surface area contributed by atoms with E-state index in [0.717, 1.165) is 25.2 Å². The number of oxazole rings is 1. The number of nitrogens with one attached hydrogen (secondary N) is 2. The number of rotatable bonds is 4. The second kappa shape index (κ2) is 7.59. The molecule has 1 aliphatic rings. The number of benzene rings is 1. The smallest absolute Gasteiger partial charge is 0.278 e. The van der Waals surface area contributed by atoms with E-state index in [0.29, 0.717) is 35.2 Å². The predicted octanol–water partition coefficient (Wildman–Crippen LogP) is 3.28. The Kier molecular flexibility index (Phi) is 4.85. The van der Waals surface area contributed by atoms with Crippen LogP contribution < -0.4 is 16.2 Å². The first-order chi connectivity index (χ1) is 15.3. The molecular formula is C23H27N7O2. The lowest BCUT2D eigenvalue weighted by molar-refractivity contribution is 0.392. The van der Waals surface area contributed by atoms with Crippen molar-refractivity contribution in [2.24, 2.45) is 0 Å². The van der Waals surface area contributed by atoms with Gasteiger partial charge in [-0.25, -0.2) is 14.3 Å². The first kappa shape index (κ1) is 20.4. The van der Waals surface area contributed by atoms with Gasteiger partial charge in [-0.1, -0.05) is 26.8 Å². The molecule has 9 heteroatoms. The van der Waals surface area contributed by atoms with E-state index in [1.165, 1.54) is 11.1 Å². The van der Waals surface area contributed by atoms with E-state index in [1.807, 2.05) is 33.8 Å². The fraction of sp³-hybridized carbons (Fsp3) is 0.391. The Hall–Kier alpha value is -3.46. The highest BCUT2D eigenvalue weighted by atomic mass is 16.3. The third-order valence-corrected chi connectivity index (χ3v) is 5.67. The van der Waals surface area contributed by atoms with Crippen LogP contribution in [0.25, 0.3) is 16.9 Å². The lowest BCUT2D eigenvalue weighted by Gasteiger charge is -2.18. The quantitative estimate of drug-likeness (QED) is 0.509. The zero-order chi connectivity index (χ0) is 22.5. The summed E-state index contributed by atoms with van der Waals surface area (Å²) >= 11 is 0. The number of hydrogen-bond acceptors (Lipinski definition) is 7. The first-order valence-electron chi connectivity index (χ1n) is 10.9. The highest BCUT2D eigenvalue weighted by Gasteiger charge is 2.24. The van der Waals surface area contributed by atoms with Crippen molar-refractivity contribution in [1.29, 1.82) is 0 Å². The minimum Gasteiger partial charge on any atom is -0.446 e. The van der Waals surface area contributed by atoms with Crippen LogP contribution in [0.4, 0.5) is 11.6 Å². The predicted molar refractivity (Wildman–Crippen MR) is 123 cm³/mol. The Labute approximate surface area is 185 Å². The number of aromatic nitrogens is 5. The Morgan fingerprint density at radius 1 is 1.22 bits per heavy atom. The minimum atomic E-state index is -0.248. The average molecular weight is 434 g/mol. The maximum absolute atomic E-state index is 13.0. The van der Waals surface area contributed by atoms with Gasteiger partial charge in [0.15, 0.2) is 11.5 Å². The second-order valence-corrected chi connectivity index (χ2v) is 9.06. The van der Waals surface area contributed by atoms with Crippen molar-refractivity contribution in [3.63, 3.8) is 0 Å². The molecule has 0 atom stereocenters. The van der Waals surface area contributed by atoms with Gasteiger partial charge in [-0.05, 0) is 43.1 Å². The van der Waals surface area contributed by atoms with Gasteiger partial charge in [0, 0.05) is 30.4 Å². The molecule has 0 fully saturated rings. The van der Waals surface area contributed by atoms with Crippen LogP contribution >= 0.6 is 0 Å². The van der Waals surface area contributed by atoms with Gasteiger partial charge in [-0.15, -0.1) is 0 Å². The monoisotopic (exact) mass is 433 g/mol. The molecule has 5 rings (SSSR count). The number of anilines is 2. The summed E-state index contributed by atoms with van der Waals surface area (Å²) in [5.41, 5.74) is 3.64. The maximum atomic E-state index is 13.0. The highest BCUT2D eigenvalue weighted by molar-refractivity contribution is 5.77. The molecule has 166 valence electrons. The highest BCUT2D eigenvalue weighted by Crippen LogP contribution is 2.25. The number of nitrogens with zero attached hydrogens (tertiary/aromatic N) is 5. The molecule has 0 spiro atoms. The minimum absolute atomic E-state index is 0.157. The van der Waals surface area contributed by atoms with Crippen molar-refractivity contribution < 1.29 is 4.42 Å². The van der Waals surface area contributed by atoms with Crippen molar-refractivity contribution >= 4 is 22.7 Å². The fourth-order valence-electron chi connectivity index (χ4n) is 4.00. The molecule has 4 aromatic rings. The standard InChI is InChI=1S/C23H27N7O2/c1-5-29-20(31)17-12-25-22(26-16-7-6-15-11-24-9-8-14(15)10-16)28-19(17)30(29)18-13-32-21(27-18)23(2,3)4/h6-7,10,12-13,24H,5,8-9,11H2,1-4H3,(H,25,26,28). The zero-order valence-electron chi connectivity index (χ0n) is 18.8. The summed E-state index contributed by atoms with van der Waals surface area (Å²) in [6, 6.07) is 6.29. The van der Waals surface area contributed by atoms with Crippen molar-refractivity contribution in [3.8, 4) is 5.82 Å². The summed E-state index contributed by atoms with van der Waals surface area (Å²) in [5, 5.41) is 7.11. The van der Waals surface area contributed by atoms with E-state index in [1.54, 1.807) is 21.8 Å². The molecule has 32 heavy (non-hydrogen) atoms. The Bertz CT molecular complexity index is 1360. The van der Waals surface area contributed by atoms with Crippen LogP contribution in [-0.4, -0.2) is 30.9 Å². The van der Waals surface area contributed by atoms with Crippen LogP contribution in [0.3, 0.4) is 0 Å². The molecule has 0 amide bonds. The molecule has 3 aromatic heterocycles. The van der Waals surface area contributed by atoms with E-state index in [2.05, 4.69) is 37.7 Å². The topological polar surface area (TPSA) is 103 Å². The van der Waals surface area contributed by atoms with Crippen LogP contribution in [0.15, 0.2) is 39.9 Å². The third kappa shape index (κ3) is 3.48. The Morgan fingerprint density at radius 2 is 2.06 bits per heavy atom. The molecule has 0 saturated heterocycles. The summed E-state index contributed by atoms with van der Waals surface area (Å²) in [7, 11) is 0. The molecule has 1 aromatic carbocycles. The lowest BCUT2D eigenvalue weighted by atomic mass is 9.97. The summed E-state index contributed by atoms with van der Waals surface area (Å²) in [5.74, 6) is 1.54. The van der Waals surface area contributed by atoms with Gasteiger partial charge in [0.1, 0.15) is 11.6 Å². The molecule has 0 aliphatic carbocycles. The Morgan fingerprint density at radius 3 is 2.81 bits per heavy atom. The number of hydrogen-bond donors (Lipinski definition) is 2. The average Bonchev–Trinajstić information content (AvgIpc) is 3.36. The normalized spacial score (nSPS) is 14.0. The van der Waals surface area contributed by atoms with E-state index >= 15 is 0 Å². The molecule has 0 saturated carbocycles. The van der Waals surface area contributed by atoms with Gasteiger partial charge in [-0.2, -0.15) is 9.97 Å². The van der Waals surface area contributed by atoms with Crippen molar-refractivity contribution in [3.05, 3.63) is 58.0 Å². The van der Waals surface area contributed by atoms with E-state index in [-0.39, 0.29) is 11.0 Å². The lowest BCUT2D eigenvalue weighted by Crippen LogP contribution is -2.23. The second-order valence-electron chi connectivity index (χ2n) is 9.06. The first-order valence-corrected chi connectivity index (χ1v) is 10.9. The van der Waals surface area contributed by atoms with Crippen LogP contribution in [0, 0.1) is 0 Å². The van der Waals surface area contributed by atoms with Gasteiger partial charge in [0.05, 0.1) is 0 Å². The van der Waals surface area contributed by atoms with Crippen molar-refractivity contribution in [2.75, 3.05) is 11.9 Å². The van der Waals surface area contributed by atoms with Crippen LogP contribution in [0.5, 0.6) is 0 Å². The molecule has 0 unspecified atom stereocenters. The molecule has 0 bridgehead atoms. The van der Waals surface area contributed by atoms with Gasteiger partial charge in [0.2, 0.25) is 11.8 Å². The van der Waals surface area contributed by atoms with Crippen molar-refractivity contribution in [1.82, 2.24) is 29.6 Å². The number of fused-ring (bicyclic) bond motifs is 2. The fourth-order valence-corrected chi connectivity index (χ4v) is 4.00. The summed E-state index contributed by atoms with van der Waals surface area (Å²) in [6.45, 7) is 10.3. The molecule has 1 aliphatic heterocycles. The van der Waals surface area contributed by atoms with Crippen LogP contribution in [0.2, 0.25) is 0 Å². The SMILES string of the molecule is CCn1c(=O)c2cnc(Nc3ccc4c(c3)CCNC4)nc2n1-c1coc(C(C)(C)C)n1. The summed E-state index contributed by atoms with van der Waals surface area (Å²) in [6.07, 6.45) is 4.13. The molecule has 4 heterocycles. The largest absolute Gasteiger partial charge is 0.446 e. The molecule has 9 nitrogen and oxygen atoms in total.